The van der Waals surface area contributed by atoms with Crippen LogP contribution in [-0.4, -0.2) is 62.7 Å². The molecule has 0 fully saturated rings. The van der Waals surface area contributed by atoms with Crippen molar-refractivity contribution in [3.63, 3.8) is 0 Å². The Kier molecular flexibility index (Phi) is 12.9. The molecule has 234 valence electrons. The topological polar surface area (TPSA) is 181 Å². The number of nitrogens with two attached hydrogens (primary N) is 1. The van der Waals surface area contributed by atoms with Crippen molar-refractivity contribution in [2.45, 2.75) is 43.3 Å². The zero-order valence-electron chi connectivity index (χ0n) is 24.5. The Balaban J connectivity index is 1.78. The van der Waals surface area contributed by atoms with Crippen molar-refractivity contribution in [3.05, 3.63) is 101 Å². The van der Waals surface area contributed by atoms with Gasteiger partial charge in [-0.1, -0.05) is 54.6 Å². The van der Waals surface area contributed by atoms with E-state index in [-0.39, 0.29) is 35.9 Å². The zero-order chi connectivity index (χ0) is 32.1. The highest BCUT2D eigenvalue weighted by Crippen LogP contribution is 2.14. The minimum Gasteiger partial charge on any atom is -0.462 e. The van der Waals surface area contributed by atoms with E-state index < -0.39 is 39.9 Å². The first-order chi connectivity index (χ1) is 21.0. The van der Waals surface area contributed by atoms with Crippen molar-refractivity contribution in [1.82, 2.24) is 15.4 Å². The Labute approximate surface area is 261 Å². The van der Waals surface area contributed by atoms with E-state index >= 15 is 0 Å². The summed E-state index contributed by atoms with van der Waals surface area (Å²) >= 11 is 1.51. The molecule has 2 atom stereocenters. The first kappa shape index (κ1) is 34.3. The van der Waals surface area contributed by atoms with Crippen LogP contribution in [0.4, 0.5) is 0 Å². The van der Waals surface area contributed by atoms with Gasteiger partial charge in [-0.05, 0) is 67.2 Å². The van der Waals surface area contributed by atoms with Gasteiger partial charge in [0.2, 0.25) is 21.8 Å². The predicted molar refractivity (Wildman–Crippen MR) is 171 cm³/mol. The summed E-state index contributed by atoms with van der Waals surface area (Å²) in [5.74, 6) is -1.14. The molecule has 3 aromatic carbocycles. The molecule has 2 amide bonds. The highest BCUT2D eigenvalue weighted by atomic mass is 32.2. The number of hydrogen-bond acceptors (Lipinski definition) is 8. The van der Waals surface area contributed by atoms with E-state index in [4.69, 9.17) is 15.9 Å². The van der Waals surface area contributed by atoms with E-state index in [1.807, 2.05) is 12.3 Å². The van der Waals surface area contributed by atoms with E-state index in [1.54, 1.807) is 55.5 Å². The standard InChI is InChI=1S/C31H37N5O6S2/c1-3-42-31(39)24-13-15-25(16-14-24)44(40,41)36-27(19-21-7-5-4-6-8-21)30(38)35-26(17-18-43-2)29(37)34-20-22-9-11-23(12-10-22)28(32)33/h4-16,26-27,36H,3,17-20H2,1-2H3,(H3,32,33)(H,34,37)(H,35,38). The quantitative estimate of drug-likeness (QED) is 0.0901. The Morgan fingerprint density at radius 1 is 0.886 bits per heavy atom. The number of carbonyl (C=O) groups is 3. The smallest absolute Gasteiger partial charge is 0.338 e. The lowest BCUT2D eigenvalue weighted by molar-refractivity contribution is -0.129. The van der Waals surface area contributed by atoms with Gasteiger partial charge in [-0.3, -0.25) is 15.0 Å². The first-order valence-corrected chi connectivity index (χ1v) is 16.8. The van der Waals surface area contributed by atoms with Crippen molar-refractivity contribution >= 4 is 45.4 Å². The Bertz CT molecular complexity index is 1530. The third kappa shape index (κ3) is 10.2. The van der Waals surface area contributed by atoms with Crippen LogP contribution in [0.15, 0.2) is 83.8 Å². The van der Waals surface area contributed by atoms with Gasteiger partial charge in [0.15, 0.2) is 0 Å². The van der Waals surface area contributed by atoms with Crippen LogP contribution in [0.5, 0.6) is 0 Å². The maximum atomic E-state index is 13.6. The van der Waals surface area contributed by atoms with Crippen LogP contribution in [0.25, 0.3) is 0 Å². The third-order valence-corrected chi connectivity index (χ3v) is 8.68. The number of amidine groups is 1. The van der Waals surface area contributed by atoms with Gasteiger partial charge in [0.05, 0.1) is 17.1 Å². The molecule has 0 spiro atoms. The molecule has 0 aromatic heterocycles. The van der Waals surface area contributed by atoms with Crippen molar-refractivity contribution in [2.75, 3.05) is 18.6 Å². The molecule has 44 heavy (non-hydrogen) atoms. The van der Waals surface area contributed by atoms with Crippen LogP contribution in [0.2, 0.25) is 0 Å². The monoisotopic (exact) mass is 639 g/mol. The maximum absolute atomic E-state index is 13.6. The largest absolute Gasteiger partial charge is 0.462 e. The molecule has 11 nitrogen and oxygen atoms in total. The van der Waals surface area contributed by atoms with Crippen molar-refractivity contribution < 1.29 is 27.5 Å². The second-order valence-electron chi connectivity index (χ2n) is 9.78. The average Bonchev–Trinajstić information content (AvgIpc) is 3.02. The molecule has 2 unspecified atom stereocenters. The van der Waals surface area contributed by atoms with Crippen LogP contribution >= 0.6 is 11.8 Å². The van der Waals surface area contributed by atoms with E-state index in [0.717, 1.165) is 5.56 Å². The van der Waals surface area contributed by atoms with Gasteiger partial charge >= 0.3 is 5.97 Å². The van der Waals surface area contributed by atoms with Crippen LogP contribution in [0.3, 0.4) is 0 Å². The Morgan fingerprint density at radius 2 is 1.52 bits per heavy atom. The van der Waals surface area contributed by atoms with Crippen molar-refractivity contribution in [1.29, 1.82) is 5.41 Å². The van der Waals surface area contributed by atoms with Gasteiger partial charge in [0, 0.05) is 12.1 Å². The fourth-order valence-corrected chi connectivity index (χ4v) is 5.84. The number of carbonyl (C=O) groups excluding carboxylic acids is 3. The van der Waals surface area contributed by atoms with E-state index in [9.17, 15) is 22.8 Å². The predicted octanol–water partition coefficient (Wildman–Crippen LogP) is 2.59. The number of benzene rings is 3. The highest BCUT2D eigenvalue weighted by molar-refractivity contribution is 7.98. The molecule has 13 heteroatoms. The molecule has 0 radical (unpaired) electrons. The summed E-state index contributed by atoms with van der Waals surface area (Å²) in [4.78, 5) is 38.6. The van der Waals surface area contributed by atoms with Crippen LogP contribution in [0, 0.1) is 5.41 Å². The van der Waals surface area contributed by atoms with Crippen LogP contribution < -0.4 is 21.1 Å². The SMILES string of the molecule is CCOC(=O)c1ccc(S(=O)(=O)NC(Cc2ccccc2)C(=O)NC(CCSC)C(=O)NCc2ccc(C(=N)N)cc2)cc1. The summed E-state index contributed by atoms with van der Waals surface area (Å²) in [5, 5.41) is 13.1. The lowest BCUT2D eigenvalue weighted by Crippen LogP contribution is -2.54. The minimum atomic E-state index is -4.20. The lowest BCUT2D eigenvalue weighted by Gasteiger charge is -2.23. The zero-order valence-corrected chi connectivity index (χ0v) is 26.2. The minimum absolute atomic E-state index is 0.0339. The molecule has 0 aliphatic rings. The average molecular weight is 640 g/mol. The molecular formula is C31H37N5O6S2. The number of sulfonamides is 1. The molecule has 0 heterocycles. The van der Waals surface area contributed by atoms with Crippen LogP contribution in [-0.2, 0) is 37.3 Å². The lowest BCUT2D eigenvalue weighted by atomic mass is 10.1. The summed E-state index contributed by atoms with van der Waals surface area (Å²) in [5.41, 5.74) is 7.75. The summed E-state index contributed by atoms with van der Waals surface area (Å²) in [6, 6.07) is 18.8. The Hall–Kier alpha value is -4.20. The van der Waals surface area contributed by atoms with Gasteiger partial charge in [0.1, 0.15) is 17.9 Å². The molecule has 3 rings (SSSR count). The number of nitrogens with one attached hydrogen (secondary N) is 4. The molecule has 0 bridgehead atoms. The number of nitrogen functional groups attached to an aromatic ring is 1. The second kappa shape index (κ2) is 16.6. The molecule has 0 saturated carbocycles. The highest BCUT2D eigenvalue weighted by Gasteiger charge is 2.30. The van der Waals surface area contributed by atoms with Crippen molar-refractivity contribution in [2.24, 2.45) is 5.73 Å². The summed E-state index contributed by atoms with van der Waals surface area (Å²) in [6.45, 7) is 2.04. The molecule has 0 aliphatic carbocycles. The Morgan fingerprint density at radius 3 is 2.11 bits per heavy atom. The number of amides is 2. The summed E-state index contributed by atoms with van der Waals surface area (Å²) < 4.78 is 34.1. The van der Waals surface area contributed by atoms with E-state index in [0.29, 0.717) is 23.3 Å². The molecule has 3 aromatic rings. The second-order valence-corrected chi connectivity index (χ2v) is 12.5. The number of thioether (sulfide) groups is 1. The third-order valence-electron chi connectivity index (χ3n) is 6.55. The normalized spacial score (nSPS) is 12.5. The molecule has 6 N–H and O–H groups in total. The van der Waals surface area contributed by atoms with Gasteiger partial charge < -0.3 is 21.1 Å². The van der Waals surface area contributed by atoms with Gasteiger partial charge in [-0.2, -0.15) is 16.5 Å². The summed E-state index contributed by atoms with van der Waals surface area (Å²) in [7, 11) is -4.20. The fraction of sp³-hybridized carbons (Fsp3) is 0.290. The molecule has 0 saturated heterocycles. The summed E-state index contributed by atoms with van der Waals surface area (Å²) in [6.07, 6.45) is 2.24. The number of ether oxygens (including phenoxy) is 1. The van der Waals surface area contributed by atoms with Gasteiger partial charge in [-0.15, -0.1) is 0 Å². The van der Waals surface area contributed by atoms with E-state index in [1.165, 1.54) is 36.0 Å². The number of hydrogen-bond donors (Lipinski definition) is 5. The van der Waals surface area contributed by atoms with E-state index in [2.05, 4.69) is 15.4 Å². The first-order valence-electron chi connectivity index (χ1n) is 13.9. The van der Waals surface area contributed by atoms with Gasteiger partial charge in [-0.25, -0.2) is 13.2 Å². The number of rotatable bonds is 16. The number of esters is 1. The molecule has 0 aliphatic heterocycles. The molecular weight excluding hydrogens is 603 g/mol. The van der Waals surface area contributed by atoms with Crippen molar-refractivity contribution in [3.8, 4) is 0 Å². The van der Waals surface area contributed by atoms with Gasteiger partial charge in [0.25, 0.3) is 0 Å². The fourth-order valence-electron chi connectivity index (χ4n) is 4.17. The van der Waals surface area contributed by atoms with Crippen LogP contribution in [0.1, 0.15) is 40.4 Å². The maximum Gasteiger partial charge on any atom is 0.338 e.